The Morgan fingerprint density at radius 3 is 2.88 bits per heavy atom. The van der Waals surface area contributed by atoms with Gasteiger partial charge in [-0.3, -0.25) is 9.48 Å². The number of rotatable bonds is 6. The van der Waals surface area contributed by atoms with Crippen molar-refractivity contribution in [3.63, 3.8) is 0 Å². The van der Waals surface area contributed by atoms with E-state index in [0.717, 1.165) is 30.6 Å². The van der Waals surface area contributed by atoms with E-state index in [2.05, 4.69) is 27.3 Å². The largest absolute Gasteiger partial charge is 0.323 e. The molecule has 7 nitrogen and oxygen atoms in total. The lowest BCUT2D eigenvalue weighted by atomic mass is 10.2. The maximum Gasteiger partial charge on any atom is 0.323 e. The van der Waals surface area contributed by atoms with Gasteiger partial charge in [0.1, 0.15) is 5.15 Å². The van der Waals surface area contributed by atoms with Gasteiger partial charge < -0.3 is 15.3 Å². The average molecular weight is 374 g/mol. The van der Waals surface area contributed by atoms with E-state index in [-0.39, 0.29) is 11.6 Å². The van der Waals surface area contributed by atoms with Crippen LogP contribution >= 0.6 is 11.6 Å². The third kappa shape index (κ3) is 3.88. The molecule has 0 aliphatic rings. The smallest absolute Gasteiger partial charge is 0.322 e. The Morgan fingerprint density at radius 1 is 1.35 bits per heavy atom. The van der Waals surface area contributed by atoms with Crippen molar-refractivity contribution in [3.8, 4) is 0 Å². The van der Waals surface area contributed by atoms with Gasteiger partial charge in [-0.2, -0.15) is 5.10 Å². The zero-order valence-electron chi connectivity index (χ0n) is 14.6. The first-order valence-electron chi connectivity index (χ1n) is 8.42. The quantitative estimate of drug-likeness (QED) is 0.577. The maximum atomic E-state index is 12.2. The monoisotopic (exact) mass is 373 g/mol. The Hall–Kier alpha value is -2.80. The molecule has 0 atom stereocenters. The van der Waals surface area contributed by atoms with Crippen molar-refractivity contribution in [2.45, 2.75) is 33.2 Å². The number of benzene rings is 1. The molecule has 136 valence electrons. The zero-order valence-corrected chi connectivity index (χ0v) is 15.4. The topological polar surface area (TPSA) is 95.6 Å². The molecule has 0 aliphatic heterocycles. The number of anilines is 1. The number of halogens is 1. The lowest BCUT2D eigenvalue weighted by molar-refractivity contribution is -0.111. The Labute approximate surface area is 155 Å². The van der Waals surface area contributed by atoms with E-state index < -0.39 is 0 Å². The molecule has 0 saturated carbocycles. The molecule has 3 aromatic rings. The van der Waals surface area contributed by atoms with Crippen LogP contribution in [0.1, 0.15) is 31.0 Å². The van der Waals surface area contributed by atoms with E-state index in [1.807, 2.05) is 6.92 Å². The van der Waals surface area contributed by atoms with Gasteiger partial charge >= 0.3 is 5.69 Å². The van der Waals surface area contributed by atoms with E-state index in [1.54, 1.807) is 29.0 Å². The van der Waals surface area contributed by atoms with Crippen LogP contribution in [-0.4, -0.2) is 25.7 Å². The summed E-state index contributed by atoms with van der Waals surface area (Å²) in [6.45, 7) is 4.73. The molecular weight excluding hydrogens is 354 g/mol. The highest BCUT2D eigenvalue weighted by Gasteiger charge is 2.11. The number of aryl methyl sites for hydroxylation is 2. The number of unbranched alkanes of at least 4 members (excludes halogenated alkanes) is 1. The summed E-state index contributed by atoms with van der Waals surface area (Å²) in [7, 11) is 0. The van der Waals surface area contributed by atoms with Crippen molar-refractivity contribution >= 4 is 40.3 Å². The van der Waals surface area contributed by atoms with E-state index in [4.69, 9.17) is 11.6 Å². The molecule has 2 aromatic heterocycles. The summed E-state index contributed by atoms with van der Waals surface area (Å²) in [6.07, 6.45) is 5.14. The minimum atomic E-state index is -0.293. The van der Waals surface area contributed by atoms with Crippen LogP contribution in [0.4, 0.5) is 5.69 Å². The Morgan fingerprint density at radius 2 is 2.12 bits per heavy atom. The molecule has 0 spiro atoms. The molecule has 2 heterocycles. The van der Waals surface area contributed by atoms with E-state index in [0.29, 0.717) is 21.9 Å². The SMILES string of the molecule is CCCCn1nc(C)c(/C=C/C(=O)Nc2ccc3[nH]c(=O)[nH]c3c2)c1Cl. The van der Waals surface area contributed by atoms with Gasteiger partial charge in [0.05, 0.1) is 16.7 Å². The summed E-state index contributed by atoms with van der Waals surface area (Å²) in [4.78, 5) is 28.8. The molecule has 8 heteroatoms. The second-order valence-electron chi connectivity index (χ2n) is 6.03. The van der Waals surface area contributed by atoms with Crippen molar-refractivity contribution < 1.29 is 4.79 Å². The minimum Gasteiger partial charge on any atom is -0.322 e. The van der Waals surface area contributed by atoms with Crippen molar-refractivity contribution in [2.24, 2.45) is 0 Å². The minimum absolute atomic E-state index is 0.284. The number of carbonyl (C=O) groups excluding carboxylic acids is 1. The Kier molecular flexibility index (Phi) is 5.27. The summed E-state index contributed by atoms with van der Waals surface area (Å²) in [6, 6.07) is 5.14. The van der Waals surface area contributed by atoms with Crippen LogP contribution in [0.15, 0.2) is 29.1 Å². The fraction of sp³-hybridized carbons (Fsp3) is 0.278. The highest BCUT2D eigenvalue weighted by molar-refractivity contribution is 6.31. The molecule has 3 rings (SSSR count). The molecular formula is C18H20ClN5O2. The number of fused-ring (bicyclic) bond motifs is 1. The first-order valence-corrected chi connectivity index (χ1v) is 8.79. The number of amides is 1. The van der Waals surface area contributed by atoms with Crippen LogP contribution in [-0.2, 0) is 11.3 Å². The summed E-state index contributed by atoms with van der Waals surface area (Å²) in [5.41, 5.74) is 3.14. The molecule has 1 amide bonds. The number of hydrogen-bond donors (Lipinski definition) is 3. The predicted molar refractivity (Wildman–Crippen MR) is 103 cm³/mol. The molecule has 0 saturated heterocycles. The van der Waals surface area contributed by atoms with Gasteiger partial charge in [0.25, 0.3) is 0 Å². The van der Waals surface area contributed by atoms with Gasteiger partial charge in [0.15, 0.2) is 0 Å². The number of H-pyrrole nitrogens is 2. The summed E-state index contributed by atoms with van der Waals surface area (Å²) >= 11 is 6.36. The van der Waals surface area contributed by atoms with Gasteiger partial charge in [-0.15, -0.1) is 0 Å². The van der Waals surface area contributed by atoms with Gasteiger partial charge in [-0.1, -0.05) is 24.9 Å². The molecule has 0 radical (unpaired) electrons. The van der Waals surface area contributed by atoms with Gasteiger partial charge in [0, 0.05) is 23.9 Å². The van der Waals surface area contributed by atoms with Crippen LogP contribution in [0, 0.1) is 6.92 Å². The number of aromatic nitrogens is 4. The van der Waals surface area contributed by atoms with Gasteiger partial charge in [-0.25, -0.2) is 4.79 Å². The number of carbonyl (C=O) groups is 1. The molecule has 1 aromatic carbocycles. The summed E-state index contributed by atoms with van der Waals surface area (Å²) in [5.74, 6) is -0.293. The third-order valence-electron chi connectivity index (χ3n) is 4.02. The summed E-state index contributed by atoms with van der Waals surface area (Å²) < 4.78 is 1.76. The number of aromatic amines is 2. The standard InChI is InChI=1S/C18H20ClN5O2/c1-3-4-9-24-17(19)13(11(2)23-24)6-8-16(25)20-12-5-7-14-15(10-12)22-18(26)21-14/h5-8,10H,3-4,9H2,1-2H3,(H,20,25)(H2,21,22,26)/b8-6+. The highest BCUT2D eigenvalue weighted by Crippen LogP contribution is 2.22. The van der Waals surface area contributed by atoms with E-state index in [1.165, 1.54) is 6.08 Å². The predicted octanol–water partition coefficient (Wildman–Crippen LogP) is 3.47. The second-order valence-corrected chi connectivity index (χ2v) is 6.39. The first kappa shape index (κ1) is 18.0. The molecule has 0 fully saturated rings. The maximum absolute atomic E-state index is 12.2. The lowest BCUT2D eigenvalue weighted by Crippen LogP contribution is -2.07. The van der Waals surface area contributed by atoms with Gasteiger partial charge in [0.2, 0.25) is 5.91 Å². The third-order valence-corrected chi connectivity index (χ3v) is 4.42. The van der Waals surface area contributed by atoms with Crippen molar-refractivity contribution in [1.82, 2.24) is 19.7 Å². The Bertz CT molecular complexity index is 1030. The van der Waals surface area contributed by atoms with E-state index in [9.17, 15) is 9.59 Å². The van der Waals surface area contributed by atoms with Crippen LogP contribution in [0.3, 0.4) is 0 Å². The zero-order chi connectivity index (χ0) is 18.7. The fourth-order valence-corrected chi connectivity index (χ4v) is 2.99. The normalized spacial score (nSPS) is 11.5. The first-order chi connectivity index (χ1) is 12.5. The van der Waals surface area contributed by atoms with Crippen LogP contribution in [0.25, 0.3) is 17.1 Å². The number of nitrogens with one attached hydrogen (secondary N) is 3. The molecule has 0 bridgehead atoms. The number of hydrogen-bond acceptors (Lipinski definition) is 3. The lowest BCUT2D eigenvalue weighted by Gasteiger charge is -2.02. The fourth-order valence-electron chi connectivity index (χ4n) is 2.67. The van der Waals surface area contributed by atoms with Crippen LogP contribution < -0.4 is 11.0 Å². The van der Waals surface area contributed by atoms with Gasteiger partial charge in [-0.05, 0) is 37.6 Å². The number of nitrogens with zero attached hydrogens (tertiary/aromatic N) is 2. The molecule has 0 unspecified atom stereocenters. The van der Waals surface area contributed by atoms with Crippen molar-refractivity contribution in [2.75, 3.05) is 5.32 Å². The number of imidazole rings is 1. The summed E-state index contributed by atoms with van der Waals surface area (Å²) in [5, 5.41) is 7.71. The van der Waals surface area contributed by atoms with Crippen molar-refractivity contribution in [3.05, 3.63) is 51.2 Å². The average Bonchev–Trinajstić information content (AvgIpc) is 3.09. The Balaban J connectivity index is 1.72. The van der Waals surface area contributed by atoms with Crippen LogP contribution in [0.5, 0.6) is 0 Å². The second kappa shape index (κ2) is 7.61. The molecule has 3 N–H and O–H groups in total. The van der Waals surface area contributed by atoms with Crippen molar-refractivity contribution in [1.29, 1.82) is 0 Å². The molecule has 26 heavy (non-hydrogen) atoms. The van der Waals surface area contributed by atoms with E-state index >= 15 is 0 Å². The van der Waals surface area contributed by atoms with Crippen LogP contribution in [0.2, 0.25) is 5.15 Å². The molecule has 0 aliphatic carbocycles. The highest BCUT2D eigenvalue weighted by atomic mass is 35.5.